The molecule has 1 N–H and O–H groups in total. The van der Waals surface area contributed by atoms with E-state index in [4.69, 9.17) is 4.74 Å². The van der Waals surface area contributed by atoms with Crippen LogP contribution in [0.15, 0.2) is 54.7 Å². The molecule has 0 amide bonds. The summed E-state index contributed by atoms with van der Waals surface area (Å²) in [5.74, 6) is -0.524. The molecule has 1 atom stereocenters. The number of nitrogens with one attached hydrogen (secondary N) is 1. The Morgan fingerprint density at radius 1 is 1.11 bits per heavy atom. The monoisotopic (exact) mass is 361 g/mol. The number of hydrogen-bond donors (Lipinski definition) is 1. The molecule has 4 nitrogen and oxygen atoms in total. The van der Waals surface area contributed by atoms with Crippen LogP contribution in [0.4, 0.5) is 0 Å². The van der Waals surface area contributed by atoms with Gasteiger partial charge in [0.2, 0.25) is 5.78 Å². The predicted molar refractivity (Wildman–Crippen MR) is 105 cm³/mol. The van der Waals surface area contributed by atoms with E-state index in [1.807, 2.05) is 42.5 Å². The molecule has 4 rings (SSSR count). The van der Waals surface area contributed by atoms with Gasteiger partial charge in [-0.15, -0.1) is 0 Å². The third-order valence-electron chi connectivity index (χ3n) is 5.46. The average Bonchev–Trinajstić information content (AvgIpc) is 3.09. The number of aryl methyl sites for hydroxylation is 1. The third-order valence-corrected chi connectivity index (χ3v) is 5.46. The molecule has 1 aliphatic rings. The summed E-state index contributed by atoms with van der Waals surface area (Å²) in [6.45, 7) is 2.09. The molecule has 2 aromatic carbocycles. The minimum Gasteiger partial charge on any atom is -0.449 e. The zero-order valence-electron chi connectivity index (χ0n) is 15.4. The fourth-order valence-corrected chi connectivity index (χ4v) is 3.61. The van der Waals surface area contributed by atoms with Gasteiger partial charge in [0.25, 0.3) is 0 Å². The zero-order valence-corrected chi connectivity index (χ0v) is 15.4. The van der Waals surface area contributed by atoms with Crippen LogP contribution in [0.25, 0.3) is 10.9 Å². The number of H-pyrrole nitrogens is 1. The number of carbonyl (C=O) groups excluding carboxylic acids is 2. The van der Waals surface area contributed by atoms with E-state index >= 15 is 0 Å². The molecule has 3 aromatic rings. The van der Waals surface area contributed by atoms with E-state index in [0.717, 1.165) is 42.1 Å². The first-order valence-corrected chi connectivity index (χ1v) is 9.57. The van der Waals surface area contributed by atoms with Crippen molar-refractivity contribution >= 4 is 22.7 Å². The number of fused-ring (bicyclic) bond motifs is 1. The number of ether oxygens (including phenoxy) is 1. The molecule has 0 unspecified atom stereocenters. The molecular weight excluding hydrogens is 338 g/mol. The number of carbonyl (C=O) groups is 2. The summed E-state index contributed by atoms with van der Waals surface area (Å²) in [5.41, 5.74) is 3.40. The minimum absolute atomic E-state index is 0.0707. The number of rotatable bonds is 6. The SMILES string of the molecule is CCc1cccc2c(C(=O)[C@H](OC(=O)C3CCC3)c3ccccc3)c[nH]c12. The van der Waals surface area contributed by atoms with Crippen LogP contribution in [0.3, 0.4) is 0 Å². The molecule has 1 aromatic heterocycles. The van der Waals surface area contributed by atoms with Crippen molar-refractivity contribution in [3.63, 3.8) is 0 Å². The van der Waals surface area contributed by atoms with Gasteiger partial charge in [-0.2, -0.15) is 0 Å². The molecule has 4 heteroatoms. The van der Waals surface area contributed by atoms with Crippen LogP contribution in [0, 0.1) is 5.92 Å². The lowest BCUT2D eigenvalue weighted by Gasteiger charge is -2.26. The Labute approximate surface area is 158 Å². The van der Waals surface area contributed by atoms with Crippen molar-refractivity contribution in [3.05, 3.63) is 71.4 Å². The van der Waals surface area contributed by atoms with Crippen LogP contribution < -0.4 is 0 Å². The maximum Gasteiger partial charge on any atom is 0.310 e. The third kappa shape index (κ3) is 3.27. The number of aromatic nitrogens is 1. The molecule has 0 bridgehead atoms. The largest absolute Gasteiger partial charge is 0.449 e. The number of ketones is 1. The molecular formula is C23H23NO3. The maximum absolute atomic E-state index is 13.4. The van der Waals surface area contributed by atoms with Crippen LogP contribution in [0.2, 0.25) is 0 Å². The summed E-state index contributed by atoms with van der Waals surface area (Å²) in [6.07, 6.45) is 4.45. The van der Waals surface area contributed by atoms with Gasteiger partial charge in [0.15, 0.2) is 6.10 Å². The number of esters is 1. The van der Waals surface area contributed by atoms with Crippen LogP contribution in [0.1, 0.15) is 53.8 Å². The highest BCUT2D eigenvalue weighted by Crippen LogP contribution is 2.33. The first kappa shape index (κ1) is 17.5. The Morgan fingerprint density at radius 3 is 2.56 bits per heavy atom. The fourth-order valence-electron chi connectivity index (χ4n) is 3.61. The standard InChI is InChI=1S/C23H23NO3/c1-2-15-10-7-13-18-19(14-24-20(15)18)21(25)22(16-8-4-3-5-9-16)27-23(26)17-11-6-12-17/h3-5,7-10,13-14,17,22,24H,2,6,11-12H2,1H3/t22-/m1/s1. The minimum atomic E-state index is -0.913. The average molecular weight is 361 g/mol. The van der Waals surface area contributed by atoms with Gasteiger partial charge < -0.3 is 9.72 Å². The number of Topliss-reactive ketones (excluding diaryl/α,β-unsaturated/α-hetero) is 1. The molecule has 1 saturated carbocycles. The summed E-state index contributed by atoms with van der Waals surface area (Å²) < 4.78 is 5.73. The lowest BCUT2D eigenvalue weighted by molar-refractivity contribution is -0.155. The van der Waals surface area contributed by atoms with Gasteiger partial charge in [-0.05, 0) is 24.8 Å². The molecule has 0 spiro atoms. The molecule has 0 radical (unpaired) electrons. The number of para-hydroxylation sites is 1. The van der Waals surface area contributed by atoms with Crippen molar-refractivity contribution in [1.29, 1.82) is 0 Å². The van der Waals surface area contributed by atoms with Gasteiger partial charge in [-0.1, -0.05) is 61.9 Å². The highest BCUT2D eigenvalue weighted by molar-refractivity contribution is 6.11. The molecule has 1 heterocycles. The quantitative estimate of drug-likeness (QED) is 0.497. The summed E-state index contributed by atoms with van der Waals surface area (Å²) in [5, 5.41) is 0.875. The van der Waals surface area contributed by atoms with Crippen molar-refractivity contribution in [1.82, 2.24) is 4.98 Å². The molecule has 1 fully saturated rings. The van der Waals surface area contributed by atoms with Gasteiger partial charge in [-0.3, -0.25) is 9.59 Å². The van der Waals surface area contributed by atoms with Crippen molar-refractivity contribution in [2.24, 2.45) is 5.92 Å². The van der Waals surface area contributed by atoms with Crippen molar-refractivity contribution < 1.29 is 14.3 Å². The second-order valence-electron chi connectivity index (χ2n) is 7.12. The Balaban J connectivity index is 1.71. The van der Waals surface area contributed by atoms with Crippen molar-refractivity contribution in [2.75, 3.05) is 0 Å². The Bertz CT molecular complexity index is 970. The second-order valence-corrected chi connectivity index (χ2v) is 7.12. The molecule has 138 valence electrons. The van der Waals surface area contributed by atoms with E-state index in [1.54, 1.807) is 6.20 Å². The van der Waals surface area contributed by atoms with E-state index in [9.17, 15) is 9.59 Å². The summed E-state index contributed by atoms with van der Waals surface area (Å²) >= 11 is 0. The number of benzene rings is 2. The van der Waals surface area contributed by atoms with Crippen LogP contribution in [-0.4, -0.2) is 16.7 Å². The van der Waals surface area contributed by atoms with Crippen LogP contribution >= 0.6 is 0 Å². The molecule has 0 saturated heterocycles. The van der Waals surface area contributed by atoms with E-state index in [-0.39, 0.29) is 17.7 Å². The molecule has 0 aliphatic heterocycles. The Hall–Kier alpha value is -2.88. The van der Waals surface area contributed by atoms with Crippen molar-refractivity contribution in [3.8, 4) is 0 Å². The van der Waals surface area contributed by atoms with E-state index < -0.39 is 6.10 Å². The zero-order chi connectivity index (χ0) is 18.8. The van der Waals surface area contributed by atoms with Crippen LogP contribution in [-0.2, 0) is 16.0 Å². The number of hydrogen-bond acceptors (Lipinski definition) is 3. The van der Waals surface area contributed by atoms with Gasteiger partial charge in [0.1, 0.15) is 0 Å². The smallest absolute Gasteiger partial charge is 0.310 e. The molecule has 1 aliphatic carbocycles. The maximum atomic E-state index is 13.4. The first-order valence-electron chi connectivity index (χ1n) is 9.57. The number of aromatic amines is 1. The van der Waals surface area contributed by atoms with E-state index in [1.165, 1.54) is 0 Å². The predicted octanol–water partition coefficient (Wildman–Crippen LogP) is 5.00. The van der Waals surface area contributed by atoms with Crippen molar-refractivity contribution in [2.45, 2.75) is 38.7 Å². The highest BCUT2D eigenvalue weighted by atomic mass is 16.5. The Kier molecular flexibility index (Phi) is 4.80. The first-order chi connectivity index (χ1) is 13.2. The summed E-state index contributed by atoms with van der Waals surface area (Å²) in [7, 11) is 0. The second kappa shape index (κ2) is 7.39. The van der Waals surface area contributed by atoms with E-state index in [2.05, 4.69) is 18.0 Å². The summed E-state index contributed by atoms with van der Waals surface area (Å²) in [4.78, 5) is 29.1. The normalized spacial score (nSPS) is 15.3. The Morgan fingerprint density at radius 2 is 1.89 bits per heavy atom. The lowest BCUT2D eigenvalue weighted by atomic mass is 9.85. The van der Waals surface area contributed by atoms with Gasteiger partial charge in [0, 0.05) is 28.2 Å². The van der Waals surface area contributed by atoms with Gasteiger partial charge in [0.05, 0.1) is 5.92 Å². The fraction of sp³-hybridized carbons (Fsp3) is 0.304. The molecule has 27 heavy (non-hydrogen) atoms. The van der Waals surface area contributed by atoms with Crippen LogP contribution in [0.5, 0.6) is 0 Å². The lowest BCUT2D eigenvalue weighted by Crippen LogP contribution is -2.28. The topological polar surface area (TPSA) is 59.2 Å². The highest BCUT2D eigenvalue weighted by Gasteiger charge is 2.33. The van der Waals surface area contributed by atoms with E-state index in [0.29, 0.717) is 11.1 Å². The van der Waals surface area contributed by atoms with Gasteiger partial charge in [-0.25, -0.2) is 0 Å². The summed E-state index contributed by atoms with van der Waals surface area (Å²) in [6, 6.07) is 15.2. The van der Waals surface area contributed by atoms with Gasteiger partial charge >= 0.3 is 5.97 Å².